The Bertz CT molecular complexity index is 757. The van der Waals surface area contributed by atoms with Crippen molar-refractivity contribution < 1.29 is 4.92 Å². The Morgan fingerprint density at radius 1 is 1.33 bits per heavy atom. The van der Waals surface area contributed by atoms with Crippen LogP contribution in [-0.4, -0.2) is 29.0 Å². The van der Waals surface area contributed by atoms with Crippen molar-refractivity contribution in [3.8, 4) is 0 Å². The molecular weight excluding hydrogens is 351 g/mol. The summed E-state index contributed by atoms with van der Waals surface area (Å²) in [6.07, 6.45) is 2.41. The van der Waals surface area contributed by atoms with Crippen molar-refractivity contribution in [3.63, 3.8) is 0 Å². The van der Waals surface area contributed by atoms with Crippen LogP contribution in [0, 0.1) is 10.1 Å². The van der Waals surface area contributed by atoms with Gasteiger partial charge in [-0.05, 0) is 24.1 Å². The van der Waals surface area contributed by atoms with E-state index in [9.17, 15) is 10.1 Å². The second-order valence-electron chi connectivity index (χ2n) is 5.68. The number of aromatic nitrogens is 1. The summed E-state index contributed by atoms with van der Waals surface area (Å²) in [6.45, 7) is 2.20. The highest BCUT2D eigenvalue weighted by molar-refractivity contribution is 6.35. The number of pyridine rings is 1. The number of nitrogens with zero attached hydrogens (tertiary/aromatic N) is 3. The largest absolute Gasteiger partial charge is 0.355 e. The number of anilines is 1. The summed E-state index contributed by atoms with van der Waals surface area (Å²) in [5.41, 5.74) is 1.05. The van der Waals surface area contributed by atoms with Gasteiger partial charge < -0.3 is 10.2 Å². The Morgan fingerprint density at radius 3 is 2.92 bits per heavy atom. The second kappa shape index (κ2) is 7.34. The summed E-state index contributed by atoms with van der Waals surface area (Å²) < 4.78 is 0. The van der Waals surface area contributed by atoms with Crippen molar-refractivity contribution in [2.75, 3.05) is 18.0 Å². The van der Waals surface area contributed by atoms with Crippen LogP contribution in [0.3, 0.4) is 0 Å². The van der Waals surface area contributed by atoms with Crippen LogP contribution >= 0.6 is 23.2 Å². The molecule has 1 aromatic carbocycles. The molecule has 1 fully saturated rings. The van der Waals surface area contributed by atoms with Crippen molar-refractivity contribution in [1.82, 2.24) is 10.3 Å². The van der Waals surface area contributed by atoms with Crippen LogP contribution in [0.1, 0.15) is 12.0 Å². The van der Waals surface area contributed by atoms with Crippen LogP contribution in [-0.2, 0) is 6.54 Å². The summed E-state index contributed by atoms with van der Waals surface area (Å²) in [4.78, 5) is 16.8. The molecule has 1 atom stereocenters. The molecule has 0 bridgehead atoms. The van der Waals surface area contributed by atoms with Crippen LogP contribution < -0.4 is 10.2 Å². The van der Waals surface area contributed by atoms with Gasteiger partial charge in [-0.2, -0.15) is 0 Å². The lowest BCUT2D eigenvalue weighted by Gasteiger charge is -2.18. The van der Waals surface area contributed by atoms with E-state index in [4.69, 9.17) is 23.2 Å². The molecule has 1 unspecified atom stereocenters. The van der Waals surface area contributed by atoms with E-state index in [0.29, 0.717) is 22.4 Å². The van der Waals surface area contributed by atoms with Gasteiger partial charge in [0.2, 0.25) is 0 Å². The third-order valence-corrected chi connectivity index (χ3v) is 4.64. The molecule has 1 saturated heterocycles. The van der Waals surface area contributed by atoms with Gasteiger partial charge in [0.25, 0.3) is 5.69 Å². The summed E-state index contributed by atoms with van der Waals surface area (Å²) >= 11 is 12.1. The number of rotatable bonds is 5. The zero-order chi connectivity index (χ0) is 17.1. The first-order chi connectivity index (χ1) is 11.5. The lowest BCUT2D eigenvalue weighted by atomic mass is 10.2. The molecule has 1 aliphatic rings. The third-order valence-electron chi connectivity index (χ3n) is 4.05. The zero-order valence-electron chi connectivity index (χ0n) is 12.8. The van der Waals surface area contributed by atoms with Crippen LogP contribution in [0.5, 0.6) is 0 Å². The highest BCUT2D eigenvalue weighted by Crippen LogP contribution is 2.24. The fraction of sp³-hybridized carbons (Fsp3) is 0.312. The Morgan fingerprint density at radius 2 is 2.17 bits per heavy atom. The fourth-order valence-corrected chi connectivity index (χ4v) is 3.22. The minimum Gasteiger partial charge on any atom is -0.355 e. The molecular formula is C16H16Cl2N4O2. The summed E-state index contributed by atoms with van der Waals surface area (Å²) in [7, 11) is 0. The maximum Gasteiger partial charge on any atom is 0.274 e. The molecule has 0 saturated carbocycles. The SMILES string of the molecule is O=[N+]([O-])c1ccnc(N2CCC(NCc3ccc(Cl)cc3Cl)C2)c1. The van der Waals surface area contributed by atoms with E-state index < -0.39 is 4.92 Å². The molecule has 24 heavy (non-hydrogen) atoms. The van der Waals surface area contributed by atoms with Crippen molar-refractivity contribution in [2.45, 2.75) is 19.0 Å². The molecule has 0 spiro atoms. The average molecular weight is 367 g/mol. The first-order valence-corrected chi connectivity index (χ1v) is 8.31. The number of halogens is 2. The van der Waals surface area contributed by atoms with E-state index in [1.807, 2.05) is 17.0 Å². The van der Waals surface area contributed by atoms with Gasteiger partial charge in [-0.25, -0.2) is 4.98 Å². The highest BCUT2D eigenvalue weighted by Gasteiger charge is 2.24. The topological polar surface area (TPSA) is 71.3 Å². The lowest BCUT2D eigenvalue weighted by Crippen LogP contribution is -2.32. The molecule has 0 aliphatic carbocycles. The predicted octanol–water partition coefficient (Wildman–Crippen LogP) is 3.67. The summed E-state index contributed by atoms with van der Waals surface area (Å²) in [5, 5.41) is 15.6. The number of benzene rings is 1. The lowest BCUT2D eigenvalue weighted by molar-refractivity contribution is -0.384. The van der Waals surface area contributed by atoms with Gasteiger partial charge in [0.15, 0.2) is 0 Å². The molecule has 3 rings (SSSR count). The fourth-order valence-electron chi connectivity index (χ4n) is 2.75. The quantitative estimate of drug-likeness (QED) is 0.645. The first kappa shape index (κ1) is 17.0. The summed E-state index contributed by atoms with van der Waals surface area (Å²) in [6, 6.07) is 8.65. The predicted molar refractivity (Wildman–Crippen MR) is 94.8 cm³/mol. The van der Waals surface area contributed by atoms with Gasteiger partial charge >= 0.3 is 0 Å². The van der Waals surface area contributed by atoms with Crippen molar-refractivity contribution in [2.24, 2.45) is 0 Å². The monoisotopic (exact) mass is 366 g/mol. The van der Waals surface area contributed by atoms with Gasteiger partial charge in [-0.1, -0.05) is 29.3 Å². The van der Waals surface area contributed by atoms with Crippen LogP contribution in [0.15, 0.2) is 36.5 Å². The van der Waals surface area contributed by atoms with E-state index in [1.54, 1.807) is 6.07 Å². The number of hydrogen-bond acceptors (Lipinski definition) is 5. The molecule has 0 radical (unpaired) electrons. The van der Waals surface area contributed by atoms with Gasteiger partial charge in [0.05, 0.1) is 11.0 Å². The van der Waals surface area contributed by atoms with Crippen LogP contribution in [0.2, 0.25) is 10.0 Å². The van der Waals surface area contributed by atoms with E-state index in [2.05, 4.69) is 10.3 Å². The number of nitro groups is 1. The molecule has 0 amide bonds. The maximum absolute atomic E-state index is 10.9. The van der Waals surface area contributed by atoms with Crippen molar-refractivity contribution >= 4 is 34.7 Å². The molecule has 6 nitrogen and oxygen atoms in total. The second-order valence-corrected chi connectivity index (χ2v) is 6.52. The van der Waals surface area contributed by atoms with E-state index in [0.717, 1.165) is 25.1 Å². The Labute approximate surface area is 149 Å². The molecule has 8 heteroatoms. The maximum atomic E-state index is 10.9. The Balaban J connectivity index is 1.59. The third kappa shape index (κ3) is 3.95. The molecule has 126 valence electrons. The number of hydrogen-bond donors (Lipinski definition) is 1. The highest BCUT2D eigenvalue weighted by atomic mass is 35.5. The number of nitrogens with one attached hydrogen (secondary N) is 1. The zero-order valence-corrected chi connectivity index (χ0v) is 14.3. The minimum absolute atomic E-state index is 0.0596. The van der Waals surface area contributed by atoms with Gasteiger partial charge in [-0.15, -0.1) is 0 Å². The van der Waals surface area contributed by atoms with E-state index in [-0.39, 0.29) is 11.7 Å². The van der Waals surface area contributed by atoms with Crippen molar-refractivity contribution in [3.05, 3.63) is 62.3 Å². The summed E-state index contributed by atoms with van der Waals surface area (Å²) in [5.74, 6) is 0.637. The van der Waals surface area contributed by atoms with Crippen LogP contribution in [0.4, 0.5) is 11.5 Å². The standard InChI is InChI=1S/C16H16Cl2N4O2/c17-12-2-1-11(15(18)7-12)9-20-13-4-6-21(10-13)16-8-14(22(23)24)3-5-19-16/h1-3,5,7-8,13,20H,4,6,9-10H2. The molecule has 1 aromatic heterocycles. The van der Waals surface area contributed by atoms with E-state index >= 15 is 0 Å². The molecule has 2 aromatic rings. The van der Waals surface area contributed by atoms with Gasteiger partial charge in [-0.3, -0.25) is 10.1 Å². The Hall–Kier alpha value is -1.89. The van der Waals surface area contributed by atoms with Gasteiger partial charge in [0.1, 0.15) is 5.82 Å². The van der Waals surface area contributed by atoms with Crippen molar-refractivity contribution in [1.29, 1.82) is 0 Å². The molecule has 2 heterocycles. The molecule has 1 aliphatic heterocycles. The Kier molecular flexibility index (Phi) is 5.18. The van der Waals surface area contributed by atoms with Gasteiger partial charge in [0, 0.05) is 48.0 Å². The average Bonchev–Trinajstić information content (AvgIpc) is 3.03. The van der Waals surface area contributed by atoms with E-state index in [1.165, 1.54) is 18.3 Å². The smallest absolute Gasteiger partial charge is 0.274 e. The molecule has 1 N–H and O–H groups in total. The normalized spacial score (nSPS) is 17.2. The minimum atomic E-state index is -0.403. The van der Waals surface area contributed by atoms with Crippen LogP contribution in [0.25, 0.3) is 0 Å². The first-order valence-electron chi connectivity index (χ1n) is 7.55.